The van der Waals surface area contributed by atoms with Crippen molar-refractivity contribution in [2.45, 2.75) is 43.0 Å². The summed E-state index contributed by atoms with van der Waals surface area (Å²) in [6.07, 6.45) is 5.42. The van der Waals surface area contributed by atoms with Gasteiger partial charge in [-0.25, -0.2) is 8.42 Å². The Morgan fingerprint density at radius 1 is 1.31 bits per heavy atom. The molecular weight excluding hydrogens is 188 g/mol. The second kappa shape index (κ2) is 2.70. The highest BCUT2D eigenvalue weighted by Gasteiger charge is 2.55. The molecule has 0 heterocycles. The molecule has 0 radical (unpaired) electrons. The molecule has 0 saturated heterocycles. The third kappa shape index (κ3) is 1.50. The SMILES string of the molecule is CS(=O)(=O)C1CCCC1(O)C1CC1. The molecule has 0 aromatic rings. The van der Waals surface area contributed by atoms with Gasteiger partial charge in [0.2, 0.25) is 0 Å². The van der Waals surface area contributed by atoms with Gasteiger partial charge in [-0.15, -0.1) is 0 Å². The van der Waals surface area contributed by atoms with Crippen LogP contribution in [0.2, 0.25) is 0 Å². The first-order chi connectivity index (χ1) is 5.94. The van der Waals surface area contributed by atoms with Gasteiger partial charge in [-0.2, -0.15) is 0 Å². The minimum Gasteiger partial charge on any atom is -0.388 e. The van der Waals surface area contributed by atoms with Crippen LogP contribution in [0.4, 0.5) is 0 Å². The normalized spacial score (nSPS) is 40.9. The van der Waals surface area contributed by atoms with Gasteiger partial charge in [0, 0.05) is 6.26 Å². The van der Waals surface area contributed by atoms with E-state index in [0.29, 0.717) is 12.8 Å². The van der Waals surface area contributed by atoms with Gasteiger partial charge in [0.15, 0.2) is 9.84 Å². The van der Waals surface area contributed by atoms with Crippen molar-refractivity contribution < 1.29 is 13.5 Å². The zero-order valence-corrected chi connectivity index (χ0v) is 8.68. The van der Waals surface area contributed by atoms with E-state index in [4.69, 9.17) is 0 Å². The quantitative estimate of drug-likeness (QED) is 0.721. The maximum absolute atomic E-state index is 11.4. The van der Waals surface area contributed by atoms with Crippen LogP contribution >= 0.6 is 0 Å². The van der Waals surface area contributed by atoms with E-state index in [1.807, 2.05) is 0 Å². The van der Waals surface area contributed by atoms with Crippen LogP contribution in [0.5, 0.6) is 0 Å². The highest BCUT2D eigenvalue weighted by Crippen LogP contribution is 2.50. The minimum absolute atomic E-state index is 0.259. The largest absolute Gasteiger partial charge is 0.388 e. The van der Waals surface area contributed by atoms with Crippen LogP contribution in [0.15, 0.2) is 0 Å². The lowest BCUT2D eigenvalue weighted by molar-refractivity contribution is 0.0279. The van der Waals surface area contributed by atoms with Crippen molar-refractivity contribution in [1.29, 1.82) is 0 Å². The van der Waals surface area contributed by atoms with Gasteiger partial charge >= 0.3 is 0 Å². The van der Waals surface area contributed by atoms with Crippen molar-refractivity contribution >= 4 is 9.84 Å². The molecular formula is C9H16O3S. The van der Waals surface area contributed by atoms with Crippen LogP contribution in [0.1, 0.15) is 32.1 Å². The Morgan fingerprint density at radius 3 is 2.38 bits per heavy atom. The highest BCUT2D eigenvalue weighted by molar-refractivity contribution is 7.91. The van der Waals surface area contributed by atoms with Gasteiger partial charge in [0.1, 0.15) is 0 Å². The van der Waals surface area contributed by atoms with E-state index in [-0.39, 0.29) is 5.92 Å². The van der Waals surface area contributed by atoms with Gasteiger partial charge in [-0.05, 0) is 38.0 Å². The second-order valence-corrected chi connectivity index (χ2v) is 6.70. The average molecular weight is 204 g/mol. The van der Waals surface area contributed by atoms with Crippen LogP contribution in [0.25, 0.3) is 0 Å². The Bertz CT molecular complexity index is 305. The van der Waals surface area contributed by atoms with Crippen LogP contribution in [-0.4, -0.2) is 30.6 Å². The van der Waals surface area contributed by atoms with Crippen LogP contribution in [0, 0.1) is 5.92 Å². The number of sulfone groups is 1. The van der Waals surface area contributed by atoms with E-state index >= 15 is 0 Å². The molecule has 2 aliphatic carbocycles. The van der Waals surface area contributed by atoms with Gasteiger partial charge < -0.3 is 5.11 Å². The Kier molecular flexibility index (Phi) is 1.97. The topological polar surface area (TPSA) is 54.4 Å². The average Bonchev–Trinajstić information content (AvgIpc) is 2.74. The van der Waals surface area contributed by atoms with E-state index in [9.17, 15) is 13.5 Å². The summed E-state index contributed by atoms with van der Waals surface area (Å²) >= 11 is 0. The molecule has 0 aromatic carbocycles. The van der Waals surface area contributed by atoms with Crippen molar-refractivity contribution in [1.82, 2.24) is 0 Å². The lowest BCUT2D eigenvalue weighted by Crippen LogP contribution is -2.44. The minimum atomic E-state index is -3.07. The number of rotatable bonds is 2. The molecule has 3 nitrogen and oxygen atoms in total. The molecule has 0 aromatic heterocycles. The molecule has 2 saturated carbocycles. The number of aliphatic hydroxyl groups is 1. The fraction of sp³-hybridized carbons (Fsp3) is 1.00. The zero-order chi connectivity index (χ0) is 9.69. The molecule has 0 amide bonds. The second-order valence-electron chi connectivity index (χ2n) is 4.48. The molecule has 76 valence electrons. The molecule has 2 rings (SSSR count). The van der Waals surface area contributed by atoms with Crippen molar-refractivity contribution in [3.8, 4) is 0 Å². The summed E-state index contributed by atoms with van der Waals surface area (Å²) in [5.74, 6) is 0.259. The molecule has 2 fully saturated rings. The van der Waals surface area contributed by atoms with Crippen molar-refractivity contribution in [3.05, 3.63) is 0 Å². The Morgan fingerprint density at radius 2 is 1.92 bits per heavy atom. The van der Waals surface area contributed by atoms with E-state index in [1.54, 1.807) is 0 Å². The first-order valence-corrected chi connectivity index (χ1v) is 6.81. The first kappa shape index (κ1) is 9.46. The van der Waals surface area contributed by atoms with E-state index in [2.05, 4.69) is 0 Å². The maximum Gasteiger partial charge on any atom is 0.153 e. The van der Waals surface area contributed by atoms with Crippen LogP contribution in [-0.2, 0) is 9.84 Å². The summed E-state index contributed by atoms with van der Waals surface area (Å²) < 4.78 is 22.8. The molecule has 2 aliphatic rings. The molecule has 1 N–H and O–H groups in total. The predicted octanol–water partition coefficient (Wildman–Crippen LogP) is 0.725. The first-order valence-electron chi connectivity index (χ1n) is 4.86. The number of hydrogen-bond donors (Lipinski definition) is 1. The predicted molar refractivity (Wildman–Crippen MR) is 50.2 cm³/mol. The molecule has 0 bridgehead atoms. The smallest absolute Gasteiger partial charge is 0.153 e. The Hall–Kier alpha value is -0.0900. The molecule has 2 atom stereocenters. The number of hydrogen-bond acceptors (Lipinski definition) is 3. The highest BCUT2D eigenvalue weighted by atomic mass is 32.2. The maximum atomic E-state index is 11.4. The lowest BCUT2D eigenvalue weighted by Gasteiger charge is -2.28. The molecule has 2 unspecified atom stereocenters. The van der Waals surface area contributed by atoms with E-state index < -0.39 is 20.7 Å². The van der Waals surface area contributed by atoms with Crippen LogP contribution in [0.3, 0.4) is 0 Å². The summed E-state index contributed by atoms with van der Waals surface area (Å²) in [7, 11) is -3.07. The lowest BCUT2D eigenvalue weighted by atomic mass is 9.96. The zero-order valence-electron chi connectivity index (χ0n) is 7.86. The molecule has 4 heteroatoms. The summed E-state index contributed by atoms with van der Waals surface area (Å²) in [5.41, 5.74) is -0.881. The monoisotopic (exact) mass is 204 g/mol. The third-order valence-corrected chi connectivity index (χ3v) is 5.08. The fourth-order valence-electron chi connectivity index (χ4n) is 2.62. The van der Waals surface area contributed by atoms with Gasteiger partial charge in [0.05, 0.1) is 10.9 Å². The molecule has 13 heavy (non-hydrogen) atoms. The summed E-state index contributed by atoms with van der Waals surface area (Å²) in [5, 5.41) is 9.75. The van der Waals surface area contributed by atoms with Crippen molar-refractivity contribution in [2.24, 2.45) is 5.92 Å². The fourth-order valence-corrected chi connectivity index (χ4v) is 4.26. The molecule has 0 spiro atoms. The Labute approximate surface area is 79.1 Å². The Balaban J connectivity index is 2.28. The van der Waals surface area contributed by atoms with Gasteiger partial charge in [-0.3, -0.25) is 0 Å². The van der Waals surface area contributed by atoms with Crippen LogP contribution < -0.4 is 0 Å². The van der Waals surface area contributed by atoms with Gasteiger partial charge in [0.25, 0.3) is 0 Å². The van der Waals surface area contributed by atoms with E-state index in [0.717, 1.165) is 19.3 Å². The summed E-state index contributed by atoms with van der Waals surface area (Å²) in [6, 6.07) is 0. The molecule has 0 aliphatic heterocycles. The standard InChI is InChI=1S/C9H16O3S/c1-13(11,12)8-3-2-6-9(8,10)7-4-5-7/h7-8,10H,2-6H2,1H3. The van der Waals surface area contributed by atoms with Crippen molar-refractivity contribution in [3.63, 3.8) is 0 Å². The van der Waals surface area contributed by atoms with E-state index in [1.165, 1.54) is 6.26 Å². The van der Waals surface area contributed by atoms with Gasteiger partial charge in [-0.1, -0.05) is 0 Å². The summed E-state index contributed by atoms with van der Waals surface area (Å²) in [6.45, 7) is 0. The third-order valence-electron chi connectivity index (χ3n) is 3.40. The van der Waals surface area contributed by atoms with Crippen molar-refractivity contribution in [2.75, 3.05) is 6.26 Å². The summed E-state index contributed by atoms with van der Waals surface area (Å²) in [4.78, 5) is 0.